The first kappa shape index (κ1) is 15.8. The molecule has 24 heavy (non-hydrogen) atoms. The van der Waals surface area contributed by atoms with Crippen LogP contribution in [-0.2, 0) is 14.3 Å². The molecule has 130 valence electrons. The van der Waals surface area contributed by atoms with Crippen LogP contribution < -0.4 is 4.74 Å². The average molecular weight is 332 g/mol. The minimum atomic E-state index is -0.150. The van der Waals surface area contributed by atoms with Crippen molar-refractivity contribution in [3.63, 3.8) is 0 Å². The molecule has 2 atom stereocenters. The van der Waals surface area contributed by atoms with E-state index in [-0.39, 0.29) is 17.4 Å². The predicted molar refractivity (Wildman–Crippen MR) is 86.6 cm³/mol. The number of ether oxygens (including phenoxy) is 3. The summed E-state index contributed by atoms with van der Waals surface area (Å²) < 4.78 is 17.1. The summed E-state index contributed by atoms with van der Waals surface area (Å²) in [7, 11) is 0. The molecule has 3 saturated heterocycles. The second kappa shape index (κ2) is 6.69. The van der Waals surface area contributed by atoms with Gasteiger partial charge in [-0.1, -0.05) is 6.07 Å². The Morgan fingerprint density at radius 1 is 1.33 bits per heavy atom. The van der Waals surface area contributed by atoms with Crippen LogP contribution in [0.1, 0.15) is 19.3 Å². The van der Waals surface area contributed by atoms with Crippen molar-refractivity contribution < 1.29 is 19.0 Å². The van der Waals surface area contributed by atoms with Gasteiger partial charge in [-0.25, -0.2) is 4.98 Å². The summed E-state index contributed by atoms with van der Waals surface area (Å²) in [6.07, 6.45) is 4.56. The molecular weight excluding hydrogens is 308 g/mol. The number of amides is 1. The van der Waals surface area contributed by atoms with E-state index in [1.54, 1.807) is 6.20 Å². The first-order valence-electron chi connectivity index (χ1n) is 8.81. The number of hydrogen-bond donors (Lipinski definition) is 0. The maximum Gasteiger partial charge on any atom is 0.228 e. The molecule has 1 aromatic rings. The fourth-order valence-electron chi connectivity index (χ4n) is 4.02. The minimum absolute atomic E-state index is 0.0506. The molecule has 1 aromatic heterocycles. The standard InChI is InChI=1S/C18H24N2O4/c21-17(14-4-8-22-11-14)20-12-18(13-20)15(6-10-24-18)5-9-23-16-3-1-2-7-19-16/h1-3,7,14-15H,4-6,8-13H2/t14-,15+/m1/s1. The highest BCUT2D eigenvalue weighted by Crippen LogP contribution is 2.42. The third-order valence-electron chi connectivity index (χ3n) is 5.46. The van der Waals surface area contributed by atoms with Crippen LogP contribution in [0.25, 0.3) is 0 Å². The van der Waals surface area contributed by atoms with Crippen LogP contribution in [0.3, 0.4) is 0 Å². The number of pyridine rings is 1. The zero-order chi connectivity index (χ0) is 16.4. The molecule has 0 bridgehead atoms. The van der Waals surface area contributed by atoms with Gasteiger partial charge in [-0.2, -0.15) is 0 Å². The molecule has 3 aliphatic rings. The highest BCUT2D eigenvalue weighted by molar-refractivity contribution is 5.80. The SMILES string of the molecule is O=C([C@@H]1CCOC1)N1CC2(C1)OCC[C@@H]2CCOc1ccccn1. The van der Waals surface area contributed by atoms with E-state index in [4.69, 9.17) is 14.2 Å². The van der Waals surface area contributed by atoms with E-state index in [0.29, 0.717) is 31.6 Å². The van der Waals surface area contributed by atoms with E-state index < -0.39 is 0 Å². The quantitative estimate of drug-likeness (QED) is 0.818. The molecule has 3 aliphatic heterocycles. The first-order valence-corrected chi connectivity index (χ1v) is 8.81. The number of likely N-dealkylation sites (tertiary alicyclic amines) is 1. The second-order valence-corrected chi connectivity index (χ2v) is 6.96. The van der Waals surface area contributed by atoms with Crippen LogP contribution in [0.4, 0.5) is 0 Å². The summed E-state index contributed by atoms with van der Waals surface area (Å²) in [6, 6.07) is 5.67. The van der Waals surface area contributed by atoms with E-state index in [1.807, 2.05) is 23.1 Å². The number of carbonyl (C=O) groups is 1. The minimum Gasteiger partial charge on any atom is -0.478 e. The van der Waals surface area contributed by atoms with Gasteiger partial charge in [-0.05, 0) is 31.2 Å². The van der Waals surface area contributed by atoms with Gasteiger partial charge in [-0.15, -0.1) is 0 Å². The van der Waals surface area contributed by atoms with E-state index in [9.17, 15) is 4.79 Å². The van der Waals surface area contributed by atoms with Crippen molar-refractivity contribution >= 4 is 5.91 Å². The molecule has 1 spiro atoms. The summed E-state index contributed by atoms with van der Waals surface area (Å²) in [6.45, 7) is 4.14. The summed E-state index contributed by atoms with van der Waals surface area (Å²) in [4.78, 5) is 18.5. The third kappa shape index (κ3) is 3.00. The van der Waals surface area contributed by atoms with Gasteiger partial charge in [0.15, 0.2) is 0 Å². The number of hydrogen-bond acceptors (Lipinski definition) is 5. The van der Waals surface area contributed by atoms with Crippen LogP contribution in [0.5, 0.6) is 5.88 Å². The average Bonchev–Trinajstić information content (AvgIpc) is 3.24. The van der Waals surface area contributed by atoms with Crippen LogP contribution in [-0.4, -0.2) is 60.9 Å². The van der Waals surface area contributed by atoms with E-state index in [0.717, 1.165) is 39.0 Å². The molecule has 0 N–H and O–H groups in total. The molecule has 6 nitrogen and oxygen atoms in total. The van der Waals surface area contributed by atoms with Gasteiger partial charge in [0.1, 0.15) is 5.60 Å². The van der Waals surface area contributed by atoms with Gasteiger partial charge in [0.05, 0.1) is 32.2 Å². The van der Waals surface area contributed by atoms with Crippen molar-refractivity contribution in [3.05, 3.63) is 24.4 Å². The summed E-state index contributed by atoms with van der Waals surface area (Å²) in [5.41, 5.74) is -0.150. The van der Waals surface area contributed by atoms with Crippen molar-refractivity contribution in [2.24, 2.45) is 11.8 Å². The fraction of sp³-hybridized carbons (Fsp3) is 0.667. The Balaban J connectivity index is 1.27. The molecule has 6 heteroatoms. The topological polar surface area (TPSA) is 60.9 Å². The smallest absolute Gasteiger partial charge is 0.228 e. The fourth-order valence-corrected chi connectivity index (χ4v) is 4.02. The highest BCUT2D eigenvalue weighted by Gasteiger charge is 2.54. The number of aromatic nitrogens is 1. The normalized spacial score (nSPS) is 28.1. The molecule has 0 unspecified atom stereocenters. The van der Waals surface area contributed by atoms with Crippen molar-refractivity contribution in [1.29, 1.82) is 0 Å². The van der Waals surface area contributed by atoms with Gasteiger partial charge in [0.25, 0.3) is 0 Å². The van der Waals surface area contributed by atoms with Crippen molar-refractivity contribution in [2.75, 3.05) is 39.5 Å². The zero-order valence-electron chi connectivity index (χ0n) is 13.9. The van der Waals surface area contributed by atoms with Gasteiger partial charge >= 0.3 is 0 Å². The molecule has 4 rings (SSSR count). The van der Waals surface area contributed by atoms with Gasteiger partial charge in [0, 0.05) is 25.5 Å². The number of nitrogens with zero attached hydrogens (tertiary/aromatic N) is 2. The molecule has 4 heterocycles. The largest absolute Gasteiger partial charge is 0.478 e. The second-order valence-electron chi connectivity index (χ2n) is 6.96. The zero-order valence-corrected chi connectivity index (χ0v) is 13.9. The maximum absolute atomic E-state index is 12.4. The van der Waals surface area contributed by atoms with Crippen molar-refractivity contribution in [3.8, 4) is 5.88 Å². The Morgan fingerprint density at radius 2 is 2.25 bits per heavy atom. The van der Waals surface area contributed by atoms with Crippen LogP contribution in [0.2, 0.25) is 0 Å². The molecular formula is C18H24N2O4. The Bertz CT molecular complexity index is 568. The lowest BCUT2D eigenvalue weighted by Gasteiger charge is -2.50. The Morgan fingerprint density at radius 3 is 3.00 bits per heavy atom. The first-order chi connectivity index (χ1) is 11.8. The number of carbonyl (C=O) groups excluding carboxylic acids is 1. The molecule has 0 saturated carbocycles. The molecule has 0 aliphatic carbocycles. The summed E-state index contributed by atoms with van der Waals surface area (Å²) in [5.74, 6) is 1.40. The predicted octanol–water partition coefficient (Wildman–Crippen LogP) is 1.50. The van der Waals surface area contributed by atoms with Gasteiger partial charge < -0.3 is 19.1 Å². The van der Waals surface area contributed by atoms with Crippen molar-refractivity contribution in [2.45, 2.75) is 24.9 Å². The highest BCUT2D eigenvalue weighted by atomic mass is 16.5. The lowest BCUT2D eigenvalue weighted by Crippen LogP contribution is -2.67. The lowest BCUT2D eigenvalue weighted by atomic mass is 9.78. The Hall–Kier alpha value is -1.66. The maximum atomic E-state index is 12.4. The summed E-state index contributed by atoms with van der Waals surface area (Å²) >= 11 is 0. The van der Waals surface area contributed by atoms with E-state index in [1.165, 1.54) is 0 Å². The van der Waals surface area contributed by atoms with Gasteiger partial charge in [-0.3, -0.25) is 4.79 Å². The summed E-state index contributed by atoms with van der Waals surface area (Å²) in [5, 5.41) is 0. The Kier molecular flexibility index (Phi) is 4.41. The number of rotatable bonds is 5. The molecule has 0 aromatic carbocycles. The van der Waals surface area contributed by atoms with E-state index in [2.05, 4.69) is 4.98 Å². The molecule has 0 radical (unpaired) electrons. The van der Waals surface area contributed by atoms with Crippen LogP contribution in [0.15, 0.2) is 24.4 Å². The molecule has 3 fully saturated rings. The third-order valence-corrected chi connectivity index (χ3v) is 5.46. The Labute approximate surface area is 142 Å². The van der Waals surface area contributed by atoms with E-state index >= 15 is 0 Å². The van der Waals surface area contributed by atoms with Crippen molar-refractivity contribution in [1.82, 2.24) is 9.88 Å². The molecule has 1 amide bonds. The lowest BCUT2D eigenvalue weighted by molar-refractivity contribution is -0.169. The van der Waals surface area contributed by atoms with Crippen LogP contribution in [0, 0.1) is 11.8 Å². The monoisotopic (exact) mass is 332 g/mol. The van der Waals surface area contributed by atoms with Gasteiger partial charge in [0.2, 0.25) is 11.8 Å². The van der Waals surface area contributed by atoms with Crippen LogP contribution >= 0.6 is 0 Å².